The number of aliphatic hydroxyl groups is 1. The van der Waals surface area contributed by atoms with E-state index in [0.29, 0.717) is 24.2 Å². The number of rotatable bonds is 3. The predicted molar refractivity (Wildman–Crippen MR) is 50.0 cm³/mol. The van der Waals surface area contributed by atoms with Gasteiger partial charge in [0.15, 0.2) is 11.2 Å². The van der Waals surface area contributed by atoms with Crippen molar-refractivity contribution < 1.29 is 9.52 Å². The van der Waals surface area contributed by atoms with E-state index >= 15 is 0 Å². The summed E-state index contributed by atoms with van der Waals surface area (Å²) in [5, 5.41) is 8.66. The normalized spacial score (nSPS) is 10.9. The molecule has 0 bridgehead atoms. The van der Waals surface area contributed by atoms with Crippen LogP contribution < -0.4 is 5.76 Å². The zero-order chi connectivity index (χ0) is 9.97. The van der Waals surface area contributed by atoms with Gasteiger partial charge in [0, 0.05) is 19.3 Å². The van der Waals surface area contributed by atoms with Crippen molar-refractivity contribution in [2.45, 2.75) is 13.0 Å². The Morgan fingerprint density at radius 2 is 2.43 bits per heavy atom. The van der Waals surface area contributed by atoms with Crippen LogP contribution in [0.1, 0.15) is 6.42 Å². The number of hydrogen-bond acceptors (Lipinski definition) is 4. The zero-order valence-corrected chi connectivity index (χ0v) is 7.51. The quantitative estimate of drug-likeness (QED) is 0.766. The zero-order valence-electron chi connectivity index (χ0n) is 7.51. The average Bonchev–Trinajstić information content (AvgIpc) is 2.51. The van der Waals surface area contributed by atoms with Crippen LogP contribution in [0, 0.1) is 0 Å². The SMILES string of the molecule is O=c1oc2cccnc2n1CCCO. The van der Waals surface area contributed by atoms with E-state index in [0.717, 1.165) is 0 Å². The fraction of sp³-hybridized carbons (Fsp3) is 0.333. The lowest BCUT2D eigenvalue weighted by Crippen LogP contribution is -2.15. The first-order chi connectivity index (χ1) is 6.83. The van der Waals surface area contributed by atoms with Crippen molar-refractivity contribution in [2.75, 3.05) is 6.61 Å². The molecule has 0 aliphatic carbocycles. The van der Waals surface area contributed by atoms with Gasteiger partial charge in [0.25, 0.3) is 0 Å². The Morgan fingerprint density at radius 3 is 3.21 bits per heavy atom. The van der Waals surface area contributed by atoms with Crippen molar-refractivity contribution in [1.82, 2.24) is 9.55 Å². The third-order valence-electron chi connectivity index (χ3n) is 1.96. The van der Waals surface area contributed by atoms with E-state index in [-0.39, 0.29) is 6.61 Å². The molecule has 1 N–H and O–H groups in total. The van der Waals surface area contributed by atoms with Gasteiger partial charge in [-0.2, -0.15) is 0 Å². The number of fused-ring (bicyclic) bond motifs is 1. The van der Waals surface area contributed by atoms with Crippen LogP contribution in [0.5, 0.6) is 0 Å². The smallest absolute Gasteiger partial charge is 0.406 e. The molecule has 74 valence electrons. The highest BCUT2D eigenvalue weighted by Gasteiger charge is 2.08. The highest BCUT2D eigenvalue weighted by molar-refractivity contribution is 5.67. The molecular weight excluding hydrogens is 184 g/mol. The van der Waals surface area contributed by atoms with Gasteiger partial charge in [-0.25, -0.2) is 9.78 Å². The minimum Gasteiger partial charge on any atom is -0.406 e. The molecule has 14 heavy (non-hydrogen) atoms. The number of pyridine rings is 1. The number of oxazole rings is 1. The first-order valence-electron chi connectivity index (χ1n) is 4.38. The summed E-state index contributed by atoms with van der Waals surface area (Å²) in [5.41, 5.74) is 1.02. The largest absolute Gasteiger partial charge is 0.421 e. The Bertz CT molecular complexity index is 486. The summed E-state index contributed by atoms with van der Waals surface area (Å²) in [5.74, 6) is -0.424. The van der Waals surface area contributed by atoms with Gasteiger partial charge in [0.05, 0.1) is 0 Å². The maximum absolute atomic E-state index is 11.3. The van der Waals surface area contributed by atoms with Crippen LogP contribution in [-0.2, 0) is 6.54 Å². The first-order valence-corrected chi connectivity index (χ1v) is 4.38. The van der Waals surface area contributed by atoms with E-state index in [1.165, 1.54) is 4.57 Å². The van der Waals surface area contributed by atoms with Gasteiger partial charge in [-0.15, -0.1) is 0 Å². The van der Waals surface area contributed by atoms with Crippen molar-refractivity contribution in [3.63, 3.8) is 0 Å². The topological polar surface area (TPSA) is 68.3 Å². The molecule has 0 aliphatic heterocycles. The van der Waals surface area contributed by atoms with Gasteiger partial charge in [0.2, 0.25) is 0 Å². The van der Waals surface area contributed by atoms with Crippen LogP contribution >= 0.6 is 0 Å². The van der Waals surface area contributed by atoms with E-state index in [9.17, 15) is 4.79 Å². The summed E-state index contributed by atoms with van der Waals surface area (Å²) in [6.45, 7) is 0.477. The molecule has 0 fully saturated rings. The number of nitrogens with zero attached hydrogens (tertiary/aromatic N) is 2. The maximum atomic E-state index is 11.3. The average molecular weight is 194 g/mol. The fourth-order valence-electron chi connectivity index (χ4n) is 1.33. The summed E-state index contributed by atoms with van der Waals surface area (Å²) in [6, 6.07) is 3.40. The molecule has 0 unspecified atom stereocenters. The van der Waals surface area contributed by atoms with E-state index < -0.39 is 5.76 Å². The summed E-state index contributed by atoms with van der Waals surface area (Å²) < 4.78 is 6.38. The van der Waals surface area contributed by atoms with Crippen LogP contribution in [0.15, 0.2) is 27.5 Å². The second-order valence-electron chi connectivity index (χ2n) is 2.92. The molecular formula is C9H10N2O3. The standard InChI is InChI=1S/C9H10N2O3/c12-6-2-5-11-8-7(14-9(11)13)3-1-4-10-8/h1,3-4,12H,2,5-6H2. The molecule has 0 saturated carbocycles. The molecule has 2 aromatic rings. The minimum atomic E-state index is -0.424. The fourth-order valence-corrected chi connectivity index (χ4v) is 1.33. The van der Waals surface area contributed by atoms with Gasteiger partial charge in [0.1, 0.15) is 0 Å². The second kappa shape index (κ2) is 3.63. The summed E-state index contributed by atoms with van der Waals surface area (Å²) in [6.07, 6.45) is 2.12. The molecule has 2 rings (SSSR count). The van der Waals surface area contributed by atoms with Crippen LogP contribution in [0.4, 0.5) is 0 Å². The van der Waals surface area contributed by atoms with Gasteiger partial charge in [-0.05, 0) is 18.6 Å². The number of aromatic nitrogens is 2. The third-order valence-corrected chi connectivity index (χ3v) is 1.96. The molecule has 0 atom stereocenters. The highest BCUT2D eigenvalue weighted by atomic mass is 16.4. The Balaban J connectivity index is 2.51. The molecule has 2 aromatic heterocycles. The first kappa shape index (κ1) is 8.96. The summed E-state index contributed by atoms with van der Waals surface area (Å²) >= 11 is 0. The van der Waals surface area contributed by atoms with Gasteiger partial charge in [-0.3, -0.25) is 4.57 Å². The monoisotopic (exact) mass is 194 g/mol. The minimum absolute atomic E-state index is 0.0476. The molecule has 0 saturated heterocycles. The Morgan fingerprint density at radius 1 is 1.57 bits per heavy atom. The van der Waals surface area contributed by atoms with Crippen molar-refractivity contribution in [3.8, 4) is 0 Å². The van der Waals surface area contributed by atoms with Crippen LogP contribution in [0.3, 0.4) is 0 Å². The highest BCUT2D eigenvalue weighted by Crippen LogP contribution is 2.08. The summed E-state index contributed by atoms with van der Waals surface area (Å²) in [4.78, 5) is 15.4. The maximum Gasteiger partial charge on any atom is 0.421 e. The lowest BCUT2D eigenvalue weighted by atomic mass is 10.4. The van der Waals surface area contributed by atoms with E-state index in [2.05, 4.69) is 4.98 Å². The van der Waals surface area contributed by atoms with Crippen molar-refractivity contribution >= 4 is 11.2 Å². The van der Waals surface area contributed by atoms with E-state index in [4.69, 9.17) is 9.52 Å². The van der Waals surface area contributed by atoms with Crippen molar-refractivity contribution in [1.29, 1.82) is 0 Å². The van der Waals surface area contributed by atoms with Gasteiger partial charge in [-0.1, -0.05) is 0 Å². The molecule has 2 heterocycles. The Kier molecular flexibility index (Phi) is 2.32. The second-order valence-corrected chi connectivity index (χ2v) is 2.92. The van der Waals surface area contributed by atoms with Gasteiger partial charge >= 0.3 is 5.76 Å². The van der Waals surface area contributed by atoms with Crippen LogP contribution in [0.2, 0.25) is 0 Å². The molecule has 0 aliphatic rings. The Hall–Kier alpha value is -1.62. The van der Waals surface area contributed by atoms with E-state index in [1.54, 1.807) is 18.3 Å². The molecule has 0 aromatic carbocycles. The van der Waals surface area contributed by atoms with Crippen LogP contribution in [-0.4, -0.2) is 21.3 Å². The number of aryl methyl sites for hydroxylation is 1. The third kappa shape index (κ3) is 1.42. The molecule has 5 nitrogen and oxygen atoms in total. The Labute approximate surface area is 79.6 Å². The van der Waals surface area contributed by atoms with Crippen molar-refractivity contribution in [2.24, 2.45) is 0 Å². The lowest BCUT2D eigenvalue weighted by molar-refractivity contribution is 0.278. The van der Waals surface area contributed by atoms with Crippen molar-refractivity contribution in [3.05, 3.63) is 28.9 Å². The summed E-state index contributed by atoms with van der Waals surface area (Å²) in [7, 11) is 0. The van der Waals surface area contributed by atoms with Crippen LogP contribution in [0.25, 0.3) is 11.2 Å². The van der Waals surface area contributed by atoms with Gasteiger partial charge < -0.3 is 9.52 Å². The molecule has 0 amide bonds. The lowest BCUT2D eigenvalue weighted by Gasteiger charge is -1.97. The molecule has 0 radical (unpaired) electrons. The van der Waals surface area contributed by atoms with E-state index in [1.807, 2.05) is 0 Å². The predicted octanol–water partition coefficient (Wildman–Crippen LogP) is 0.372. The molecule has 5 heteroatoms. The molecule has 0 spiro atoms. The number of aliphatic hydroxyl groups excluding tert-OH is 1. The number of hydrogen-bond donors (Lipinski definition) is 1.